The summed E-state index contributed by atoms with van der Waals surface area (Å²) in [5.74, 6) is 0.108. The second-order valence-electron chi connectivity index (χ2n) is 8.15. The van der Waals surface area contributed by atoms with E-state index in [9.17, 15) is 9.59 Å². The van der Waals surface area contributed by atoms with Crippen molar-refractivity contribution in [3.8, 4) is 0 Å². The number of aromatic nitrogens is 2. The molecule has 1 aromatic carbocycles. The molecule has 0 fully saturated rings. The van der Waals surface area contributed by atoms with E-state index < -0.39 is 11.5 Å². The fourth-order valence-electron chi connectivity index (χ4n) is 4.17. The highest BCUT2D eigenvalue weighted by atomic mass is 35.5. The number of carbonyl (C=O) groups is 1. The van der Waals surface area contributed by atoms with E-state index in [-0.39, 0.29) is 12.2 Å². The highest BCUT2D eigenvalue weighted by Gasteiger charge is 2.36. The third kappa shape index (κ3) is 3.67. The van der Waals surface area contributed by atoms with Crippen molar-refractivity contribution >= 4 is 39.1 Å². The van der Waals surface area contributed by atoms with E-state index in [4.69, 9.17) is 21.3 Å². The fourth-order valence-corrected chi connectivity index (χ4v) is 5.65. The lowest BCUT2D eigenvalue weighted by molar-refractivity contribution is -0.152. The van der Waals surface area contributed by atoms with Crippen molar-refractivity contribution in [1.82, 2.24) is 9.55 Å². The summed E-state index contributed by atoms with van der Waals surface area (Å²) in [6.45, 7) is 5.46. The molecule has 0 aliphatic heterocycles. The summed E-state index contributed by atoms with van der Waals surface area (Å²) in [7, 11) is 0. The number of benzene rings is 1. The van der Waals surface area contributed by atoms with Crippen LogP contribution in [0.15, 0.2) is 29.1 Å². The smallest absolute Gasteiger partial charge is 0.331 e. The standard InChI is InChI=1S/C23H25ClN2O3S/c1-4-29-22(28)23(2,3)26-18(13-14-8-7-9-15(24)12-14)25-20-19(21(26)27)16-10-5-6-11-17(16)30-20/h7-9,12H,4-6,10-11,13H2,1-3H3. The largest absolute Gasteiger partial charge is 0.464 e. The van der Waals surface area contributed by atoms with Gasteiger partial charge >= 0.3 is 5.97 Å². The summed E-state index contributed by atoms with van der Waals surface area (Å²) in [6.07, 6.45) is 4.49. The maximum atomic E-state index is 13.8. The summed E-state index contributed by atoms with van der Waals surface area (Å²) >= 11 is 7.78. The van der Waals surface area contributed by atoms with Gasteiger partial charge in [-0.2, -0.15) is 0 Å². The van der Waals surface area contributed by atoms with Gasteiger partial charge in [-0.1, -0.05) is 23.7 Å². The van der Waals surface area contributed by atoms with Crippen molar-refractivity contribution < 1.29 is 9.53 Å². The third-order valence-corrected chi connectivity index (χ3v) is 7.06. The minimum atomic E-state index is -1.17. The molecule has 0 spiro atoms. The molecule has 2 heterocycles. The van der Waals surface area contributed by atoms with Crippen LogP contribution in [0, 0.1) is 0 Å². The second-order valence-corrected chi connectivity index (χ2v) is 9.67. The molecular weight excluding hydrogens is 420 g/mol. The molecule has 0 N–H and O–H groups in total. The average molecular weight is 445 g/mol. The van der Waals surface area contributed by atoms with Crippen LogP contribution in [0.1, 0.15) is 55.4 Å². The number of hydrogen-bond donors (Lipinski definition) is 0. The van der Waals surface area contributed by atoms with E-state index in [1.54, 1.807) is 32.1 Å². The van der Waals surface area contributed by atoms with Gasteiger partial charge in [0.1, 0.15) is 16.2 Å². The SMILES string of the molecule is CCOC(=O)C(C)(C)n1c(Cc2cccc(Cl)c2)nc2sc3c(c2c1=O)CCCC3. The van der Waals surface area contributed by atoms with Crippen molar-refractivity contribution in [3.63, 3.8) is 0 Å². The van der Waals surface area contributed by atoms with Crippen molar-refractivity contribution in [2.75, 3.05) is 6.61 Å². The van der Waals surface area contributed by atoms with Gasteiger partial charge in [0.05, 0.1) is 12.0 Å². The zero-order valence-corrected chi connectivity index (χ0v) is 19.0. The normalized spacial score (nSPS) is 14.0. The molecule has 30 heavy (non-hydrogen) atoms. The molecule has 3 aromatic rings. The Morgan fingerprint density at radius 1 is 1.30 bits per heavy atom. The van der Waals surface area contributed by atoms with Gasteiger partial charge in [-0.15, -0.1) is 11.3 Å². The summed E-state index contributed by atoms with van der Waals surface area (Å²) in [4.78, 5) is 33.5. The fraction of sp³-hybridized carbons (Fsp3) is 0.435. The molecule has 0 saturated heterocycles. The summed E-state index contributed by atoms with van der Waals surface area (Å²) < 4.78 is 6.84. The highest BCUT2D eigenvalue weighted by Crippen LogP contribution is 2.35. The molecule has 1 aliphatic carbocycles. The molecule has 0 atom stereocenters. The number of thiophene rings is 1. The zero-order chi connectivity index (χ0) is 21.5. The summed E-state index contributed by atoms with van der Waals surface area (Å²) in [5, 5.41) is 1.29. The number of esters is 1. The first-order chi connectivity index (χ1) is 14.3. The van der Waals surface area contributed by atoms with Crippen LogP contribution in [-0.2, 0) is 34.3 Å². The lowest BCUT2D eigenvalue weighted by Gasteiger charge is -2.28. The number of hydrogen-bond acceptors (Lipinski definition) is 5. The van der Waals surface area contributed by atoms with Gasteiger partial charge in [-0.25, -0.2) is 9.78 Å². The van der Waals surface area contributed by atoms with Gasteiger partial charge < -0.3 is 4.74 Å². The number of nitrogens with zero attached hydrogens (tertiary/aromatic N) is 2. The van der Waals surface area contributed by atoms with Gasteiger partial charge in [-0.05, 0) is 69.7 Å². The average Bonchev–Trinajstić information content (AvgIpc) is 3.06. The lowest BCUT2D eigenvalue weighted by Crippen LogP contribution is -2.46. The number of fused-ring (bicyclic) bond motifs is 3. The molecule has 0 saturated carbocycles. The summed E-state index contributed by atoms with van der Waals surface area (Å²) in [6, 6.07) is 7.49. The van der Waals surface area contributed by atoms with E-state index in [0.29, 0.717) is 22.7 Å². The molecule has 2 aromatic heterocycles. The number of rotatable bonds is 5. The van der Waals surface area contributed by atoms with Crippen LogP contribution in [0.2, 0.25) is 5.02 Å². The van der Waals surface area contributed by atoms with E-state index in [1.807, 2.05) is 24.3 Å². The Balaban J connectivity index is 1.96. The zero-order valence-electron chi connectivity index (χ0n) is 17.5. The lowest BCUT2D eigenvalue weighted by atomic mass is 9.96. The molecular formula is C23H25ClN2O3S. The van der Waals surface area contributed by atoms with Crippen molar-refractivity contribution in [1.29, 1.82) is 0 Å². The molecule has 7 heteroatoms. The van der Waals surface area contributed by atoms with E-state index in [2.05, 4.69) is 0 Å². The van der Waals surface area contributed by atoms with E-state index in [1.165, 1.54) is 9.44 Å². The quantitative estimate of drug-likeness (QED) is 0.526. The first kappa shape index (κ1) is 21.1. The number of halogens is 1. The number of ether oxygens (including phenoxy) is 1. The van der Waals surface area contributed by atoms with Crippen LogP contribution < -0.4 is 5.56 Å². The molecule has 0 unspecified atom stereocenters. The Bertz CT molecular complexity index is 1180. The van der Waals surface area contributed by atoms with E-state index in [0.717, 1.165) is 41.6 Å². The van der Waals surface area contributed by atoms with Crippen LogP contribution >= 0.6 is 22.9 Å². The Morgan fingerprint density at radius 2 is 2.07 bits per heavy atom. The molecule has 1 aliphatic rings. The van der Waals surface area contributed by atoms with Gasteiger partial charge in [0.15, 0.2) is 0 Å². The monoisotopic (exact) mass is 444 g/mol. The van der Waals surface area contributed by atoms with Crippen LogP contribution in [0.3, 0.4) is 0 Å². The predicted octanol–water partition coefficient (Wildman–Crippen LogP) is 4.88. The van der Waals surface area contributed by atoms with Gasteiger partial charge in [0.2, 0.25) is 0 Å². The summed E-state index contributed by atoms with van der Waals surface area (Å²) in [5.41, 5.74) is 0.713. The van der Waals surface area contributed by atoms with Crippen molar-refractivity contribution in [2.45, 2.75) is 58.4 Å². The van der Waals surface area contributed by atoms with Gasteiger partial charge in [0.25, 0.3) is 5.56 Å². The maximum Gasteiger partial charge on any atom is 0.331 e. The first-order valence-corrected chi connectivity index (χ1v) is 11.5. The predicted molar refractivity (Wildman–Crippen MR) is 121 cm³/mol. The Labute approximate surface area is 184 Å². The van der Waals surface area contributed by atoms with Gasteiger partial charge in [0, 0.05) is 16.3 Å². The molecule has 5 nitrogen and oxygen atoms in total. The highest BCUT2D eigenvalue weighted by molar-refractivity contribution is 7.18. The minimum Gasteiger partial charge on any atom is -0.464 e. The van der Waals surface area contributed by atoms with Gasteiger partial charge in [-0.3, -0.25) is 9.36 Å². The van der Waals surface area contributed by atoms with Crippen LogP contribution in [0.5, 0.6) is 0 Å². The van der Waals surface area contributed by atoms with Crippen LogP contribution in [0.4, 0.5) is 0 Å². The number of aryl methyl sites for hydroxylation is 2. The van der Waals surface area contributed by atoms with Crippen LogP contribution in [-0.4, -0.2) is 22.1 Å². The molecule has 4 rings (SSSR count). The van der Waals surface area contributed by atoms with Crippen molar-refractivity contribution in [2.24, 2.45) is 0 Å². The third-order valence-electron chi connectivity index (χ3n) is 5.64. The second kappa shape index (κ2) is 8.16. The Morgan fingerprint density at radius 3 is 2.80 bits per heavy atom. The van der Waals surface area contributed by atoms with Crippen molar-refractivity contribution in [3.05, 3.63) is 61.5 Å². The Hall–Kier alpha value is -2.18. The maximum absolute atomic E-state index is 13.8. The first-order valence-electron chi connectivity index (χ1n) is 10.3. The molecule has 158 valence electrons. The molecule has 0 bridgehead atoms. The number of carbonyl (C=O) groups excluding carboxylic acids is 1. The van der Waals surface area contributed by atoms with E-state index >= 15 is 0 Å². The minimum absolute atomic E-state index is 0.158. The molecule has 0 amide bonds. The topological polar surface area (TPSA) is 61.2 Å². The Kier molecular flexibility index (Phi) is 5.73. The van der Waals surface area contributed by atoms with Crippen LogP contribution in [0.25, 0.3) is 10.2 Å². The molecule has 0 radical (unpaired) electrons.